The molecule has 0 aromatic heterocycles. The third-order valence-corrected chi connectivity index (χ3v) is 2.09. The van der Waals surface area contributed by atoms with E-state index in [2.05, 4.69) is 0 Å². The molecule has 2 unspecified atom stereocenters. The number of methoxy groups -OCH3 is 2. The monoisotopic (exact) mass is 145 g/mol. The molecule has 2 atom stereocenters. The molecule has 1 rings (SSSR count). The summed E-state index contributed by atoms with van der Waals surface area (Å²) in [4.78, 5) is 0. The summed E-state index contributed by atoms with van der Waals surface area (Å²) in [5, 5.41) is 0. The Bertz CT molecular complexity index is 95.8. The zero-order chi connectivity index (χ0) is 7.56. The zero-order valence-corrected chi connectivity index (χ0v) is 6.54. The summed E-state index contributed by atoms with van der Waals surface area (Å²) in [5.74, 6) is 0. The average Bonchev–Trinajstić information content (AvgIpc) is 2.30. The van der Waals surface area contributed by atoms with E-state index in [1.54, 1.807) is 14.2 Å². The third kappa shape index (κ3) is 1.48. The SMILES string of the molecule is COC1CC(N)CC1OC. The Hall–Kier alpha value is -0.120. The normalized spacial score (nSPS) is 40.5. The van der Waals surface area contributed by atoms with Crippen molar-refractivity contribution in [2.75, 3.05) is 14.2 Å². The van der Waals surface area contributed by atoms with E-state index in [9.17, 15) is 0 Å². The fraction of sp³-hybridized carbons (Fsp3) is 1.00. The molecular formula is C7H15NO2. The van der Waals surface area contributed by atoms with Crippen LogP contribution in [-0.2, 0) is 9.47 Å². The van der Waals surface area contributed by atoms with Gasteiger partial charge >= 0.3 is 0 Å². The molecule has 0 aromatic rings. The molecule has 3 nitrogen and oxygen atoms in total. The van der Waals surface area contributed by atoms with Crippen LogP contribution in [0.1, 0.15) is 12.8 Å². The van der Waals surface area contributed by atoms with E-state index in [4.69, 9.17) is 15.2 Å². The molecule has 3 heteroatoms. The van der Waals surface area contributed by atoms with E-state index < -0.39 is 0 Å². The lowest BCUT2D eigenvalue weighted by Crippen LogP contribution is -2.23. The van der Waals surface area contributed by atoms with E-state index in [0.717, 1.165) is 12.8 Å². The number of hydrogen-bond donors (Lipinski definition) is 1. The van der Waals surface area contributed by atoms with Gasteiger partial charge in [0.25, 0.3) is 0 Å². The van der Waals surface area contributed by atoms with E-state index in [0.29, 0.717) is 0 Å². The first kappa shape index (κ1) is 7.98. The summed E-state index contributed by atoms with van der Waals surface area (Å²) in [6, 6.07) is 0.259. The van der Waals surface area contributed by atoms with Gasteiger partial charge in [-0.15, -0.1) is 0 Å². The van der Waals surface area contributed by atoms with Gasteiger partial charge in [0.15, 0.2) is 0 Å². The van der Waals surface area contributed by atoms with Crippen LogP contribution in [-0.4, -0.2) is 32.5 Å². The van der Waals surface area contributed by atoms with Crippen molar-refractivity contribution in [1.82, 2.24) is 0 Å². The van der Waals surface area contributed by atoms with Gasteiger partial charge < -0.3 is 15.2 Å². The minimum absolute atomic E-state index is 0.208. The average molecular weight is 145 g/mol. The molecule has 10 heavy (non-hydrogen) atoms. The van der Waals surface area contributed by atoms with E-state index >= 15 is 0 Å². The number of hydrogen-bond acceptors (Lipinski definition) is 3. The molecule has 0 heterocycles. The molecule has 1 aliphatic carbocycles. The summed E-state index contributed by atoms with van der Waals surface area (Å²) in [7, 11) is 3.41. The lowest BCUT2D eigenvalue weighted by atomic mass is 10.3. The van der Waals surface area contributed by atoms with Gasteiger partial charge in [-0.05, 0) is 12.8 Å². The van der Waals surface area contributed by atoms with Gasteiger partial charge in [-0.25, -0.2) is 0 Å². The molecule has 1 aliphatic rings. The Labute approximate surface area is 61.5 Å². The van der Waals surface area contributed by atoms with Gasteiger partial charge in [0.2, 0.25) is 0 Å². The molecule has 1 saturated carbocycles. The maximum atomic E-state index is 5.71. The van der Waals surface area contributed by atoms with Gasteiger partial charge in [0.05, 0.1) is 12.2 Å². The highest BCUT2D eigenvalue weighted by Crippen LogP contribution is 2.22. The molecule has 0 radical (unpaired) electrons. The third-order valence-electron chi connectivity index (χ3n) is 2.09. The van der Waals surface area contributed by atoms with E-state index in [1.807, 2.05) is 0 Å². The predicted molar refractivity (Wildman–Crippen MR) is 38.8 cm³/mol. The number of nitrogens with two attached hydrogens (primary N) is 1. The fourth-order valence-electron chi connectivity index (χ4n) is 1.49. The smallest absolute Gasteiger partial charge is 0.0848 e. The van der Waals surface area contributed by atoms with Crippen LogP contribution in [0.4, 0.5) is 0 Å². The van der Waals surface area contributed by atoms with Crippen LogP contribution in [0.2, 0.25) is 0 Å². The first-order chi connectivity index (χ1) is 4.77. The lowest BCUT2D eigenvalue weighted by molar-refractivity contribution is -0.0157. The van der Waals surface area contributed by atoms with Gasteiger partial charge in [0.1, 0.15) is 0 Å². The van der Waals surface area contributed by atoms with Crippen LogP contribution < -0.4 is 5.73 Å². The van der Waals surface area contributed by atoms with Crippen LogP contribution in [0.25, 0.3) is 0 Å². The van der Waals surface area contributed by atoms with Crippen molar-refractivity contribution >= 4 is 0 Å². The van der Waals surface area contributed by atoms with Crippen LogP contribution >= 0.6 is 0 Å². The fourth-order valence-corrected chi connectivity index (χ4v) is 1.49. The Kier molecular flexibility index (Phi) is 2.65. The molecule has 0 bridgehead atoms. The van der Waals surface area contributed by atoms with Crippen molar-refractivity contribution < 1.29 is 9.47 Å². The van der Waals surface area contributed by atoms with Crippen molar-refractivity contribution in [3.05, 3.63) is 0 Å². The standard InChI is InChI=1S/C7H15NO2/c1-9-6-3-5(8)4-7(6)10-2/h5-7H,3-4,8H2,1-2H3. The second-order valence-electron chi connectivity index (χ2n) is 2.78. The van der Waals surface area contributed by atoms with Crippen LogP contribution in [0.15, 0.2) is 0 Å². The van der Waals surface area contributed by atoms with Crippen molar-refractivity contribution in [2.45, 2.75) is 31.1 Å². The number of ether oxygens (including phenoxy) is 2. The molecular weight excluding hydrogens is 130 g/mol. The molecule has 0 saturated heterocycles. The molecule has 0 amide bonds. The van der Waals surface area contributed by atoms with Crippen LogP contribution in [0.5, 0.6) is 0 Å². The quantitative estimate of drug-likeness (QED) is 0.601. The van der Waals surface area contributed by atoms with Crippen molar-refractivity contribution in [3.8, 4) is 0 Å². The first-order valence-electron chi connectivity index (χ1n) is 3.59. The molecule has 1 fully saturated rings. The summed E-state index contributed by atoms with van der Waals surface area (Å²) in [5.41, 5.74) is 5.71. The van der Waals surface area contributed by atoms with Gasteiger partial charge in [0, 0.05) is 20.3 Å². The first-order valence-corrected chi connectivity index (χ1v) is 3.59. The van der Waals surface area contributed by atoms with Crippen LogP contribution in [0, 0.1) is 0 Å². The Morgan fingerprint density at radius 2 is 1.50 bits per heavy atom. The molecule has 60 valence electrons. The van der Waals surface area contributed by atoms with Crippen molar-refractivity contribution in [1.29, 1.82) is 0 Å². The minimum atomic E-state index is 0.208. The summed E-state index contributed by atoms with van der Waals surface area (Å²) in [6.45, 7) is 0. The van der Waals surface area contributed by atoms with Gasteiger partial charge in [-0.1, -0.05) is 0 Å². The zero-order valence-electron chi connectivity index (χ0n) is 6.54. The van der Waals surface area contributed by atoms with E-state index in [1.165, 1.54) is 0 Å². The Morgan fingerprint density at radius 3 is 1.80 bits per heavy atom. The summed E-state index contributed by atoms with van der Waals surface area (Å²) in [6.07, 6.45) is 2.27. The van der Waals surface area contributed by atoms with E-state index in [-0.39, 0.29) is 18.2 Å². The van der Waals surface area contributed by atoms with Crippen molar-refractivity contribution in [3.63, 3.8) is 0 Å². The van der Waals surface area contributed by atoms with Gasteiger partial charge in [-0.2, -0.15) is 0 Å². The second-order valence-corrected chi connectivity index (χ2v) is 2.78. The van der Waals surface area contributed by atoms with Crippen LogP contribution in [0.3, 0.4) is 0 Å². The molecule has 2 N–H and O–H groups in total. The maximum Gasteiger partial charge on any atom is 0.0848 e. The Balaban J connectivity index is 2.41. The minimum Gasteiger partial charge on any atom is -0.379 e. The number of rotatable bonds is 2. The highest BCUT2D eigenvalue weighted by molar-refractivity contribution is 4.86. The topological polar surface area (TPSA) is 44.5 Å². The second kappa shape index (κ2) is 3.32. The highest BCUT2D eigenvalue weighted by Gasteiger charge is 2.32. The Morgan fingerprint density at radius 1 is 1.10 bits per heavy atom. The molecule has 0 aliphatic heterocycles. The maximum absolute atomic E-state index is 5.71. The molecule has 0 spiro atoms. The lowest BCUT2D eigenvalue weighted by Gasteiger charge is -2.15. The summed E-state index contributed by atoms with van der Waals surface area (Å²) < 4.78 is 10.4. The molecule has 0 aromatic carbocycles. The largest absolute Gasteiger partial charge is 0.379 e. The predicted octanol–water partition coefficient (Wildman–Crippen LogP) is 0.137. The highest BCUT2D eigenvalue weighted by atomic mass is 16.5. The summed E-state index contributed by atoms with van der Waals surface area (Å²) >= 11 is 0. The van der Waals surface area contributed by atoms with Crippen molar-refractivity contribution in [2.24, 2.45) is 5.73 Å². The van der Waals surface area contributed by atoms with Gasteiger partial charge in [-0.3, -0.25) is 0 Å².